The lowest BCUT2D eigenvalue weighted by Crippen LogP contribution is -2.37. The first-order chi connectivity index (χ1) is 10.1. The van der Waals surface area contributed by atoms with E-state index in [-0.39, 0.29) is 23.9 Å². The van der Waals surface area contributed by atoms with E-state index in [4.69, 9.17) is 0 Å². The minimum atomic E-state index is -0.768. The molecular formula is C16H19NO3S. The van der Waals surface area contributed by atoms with Gasteiger partial charge in [-0.1, -0.05) is 12.1 Å². The van der Waals surface area contributed by atoms with Crippen molar-refractivity contribution in [2.75, 3.05) is 6.26 Å². The molecule has 0 spiro atoms. The van der Waals surface area contributed by atoms with Gasteiger partial charge in [0.05, 0.1) is 5.92 Å². The van der Waals surface area contributed by atoms with Crippen LogP contribution in [0.5, 0.6) is 0 Å². The normalized spacial score (nSPS) is 27.1. The summed E-state index contributed by atoms with van der Waals surface area (Å²) in [6, 6.07) is 7.68. The molecule has 21 heavy (non-hydrogen) atoms. The minimum absolute atomic E-state index is 0.0121. The number of thioether (sulfide) groups is 1. The number of nitrogens with zero attached hydrogens (tertiary/aromatic N) is 1. The van der Waals surface area contributed by atoms with Gasteiger partial charge in [-0.05, 0) is 43.2 Å². The van der Waals surface area contributed by atoms with Crippen LogP contribution in [0.15, 0.2) is 24.3 Å². The quantitative estimate of drug-likeness (QED) is 0.929. The number of fused-ring (bicyclic) bond motifs is 2. The molecule has 2 aliphatic heterocycles. The Kier molecular flexibility index (Phi) is 3.93. The topological polar surface area (TPSA) is 57.6 Å². The van der Waals surface area contributed by atoms with Crippen molar-refractivity contribution < 1.29 is 14.7 Å². The highest BCUT2D eigenvalue weighted by atomic mass is 32.2. The summed E-state index contributed by atoms with van der Waals surface area (Å²) in [5.41, 5.74) is 1.87. The molecule has 0 radical (unpaired) electrons. The molecule has 4 nitrogen and oxygen atoms in total. The monoisotopic (exact) mass is 305 g/mol. The van der Waals surface area contributed by atoms with Gasteiger partial charge in [0.25, 0.3) is 5.91 Å². The third-order valence-corrected chi connectivity index (χ3v) is 5.22. The molecule has 0 aliphatic carbocycles. The first-order valence-corrected chi connectivity index (χ1v) is 8.64. The molecule has 3 rings (SSSR count). The standard InChI is InChI=1S/C16H19NO3S/c1-21-9-10-2-4-11(5-3-10)15(18)17-12-6-7-14(17)13(8-12)16(19)20/h2-5,12-14H,6-9H2,1H3,(H,19,20). The molecule has 1 aromatic carbocycles. The molecule has 1 N–H and O–H groups in total. The van der Waals surface area contributed by atoms with E-state index in [2.05, 4.69) is 0 Å². The summed E-state index contributed by atoms with van der Waals surface area (Å²) in [5, 5.41) is 9.26. The van der Waals surface area contributed by atoms with Crippen LogP contribution in [-0.4, -0.2) is 40.2 Å². The zero-order valence-electron chi connectivity index (χ0n) is 12.0. The fourth-order valence-corrected chi connectivity index (χ4v) is 4.16. The molecule has 2 aliphatic rings. The van der Waals surface area contributed by atoms with Crippen molar-refractivity contribution in [1.29, 1.82) is 0 Å². The predicted molar refractivity (Wildman–Crippen MR) is 82.4 cm³/mol. The molecular weight excluding hydrogens is 286 g/mol. The molecule has 2 fully saturated rings. The molecule has 5 heteroatoms. The number of carboxylic acid groups (broad SMARTS) is 1. The number of carboxylic acids is 1. The Labute approximate surface area is 128 Å². The Morgan fingerprint density at radius 3 is 2.57 bits per heavy atom. The molecule has 2 bridgehead atoms. The van der Waals surface area contributed by atoms with Gasteiger partial charge in [0, 0.05) is 23.4 Å². The van der Waals surface area contributed by atoms with E-state index < -0.39 is 5.97 Å². The lowest BCUT2D eigenvalue weighted by atomic mass is 9.89. The van der Waals surface area contributed by atoms with Crippen molar-refractivity contribution in [3.63, 3.8) is 0 Å². The molecule has 112 valence electrons. The highest BCUT2D eigenvalue weighted by Crippen LogP contribution is 2.42. The lowest BCUT2D eigenvalue weighted by molar-refractivity contribution is -0.142. The second kappa shape index (κ2) is 5.72. The number of rotatable bonds is 4. The van der Waals surface area contributed by atoms with Crippen molar-refractivity contribution in [2.24, 2.45) is 5.92 Å². The van der Waals surface area contributed by atoms with Gasteiger partial charge in [0.1, 0.15) is 0 Å². The molecule has 2 saturated heterocycles. The number of aliphatic carboxylic acids is 1. The second-order valence-electron chi connectivity index (χ2n) is 5.82. The summed E-state index contributed by atoms with van der Waals surface area (Å²) in [7, 11) is 0. The van der Waals surface area contributed by atoms with Crippen LogP contribution in [0.1, 0.15) is 35.2 Å². The molecule has 1 aromatic rings. The summed E-state index contributed by atoms with van der Waals surface area (Å²) < 4.78 is 0. The predicted octanol–water partition coefficient (Wildman–Crippen LogP) is 2.63. The van der Waals surface area contributed by atoms with Crippen LogP contribution < -0.4 is 0 Å². The molecule has 3 unspecified atom stereocenters. The number of hydrogen-bond acceptors (Lipinski definition) is 3. The Morgan fingerprint density at radius 1 is 1.29 bits per heavy atom. The zero-order valence-corrected chi connectivity index (χ0v) is 12.8. The van der Waals surface area contributed by atoms with E-state index in [9.17, 15) is 14.7 Å². The summed E-state index contributed by atoms with van der Waals surface area (Å²) >= 11 is 1.75. The van der Waals surface area contributed by atoms with Crippen LogP contribution in [0.25, 0.3) is 0 Å². The van der Waals surface area contributed by atoms with Gasteiger partial charge in [0.2, 0.25) is 0 Å². The van der Waals surface area contributed by atoms with Crippen molar-refractivity contribution in [3.8, 4) is 0 Å². The van der Waals surface area contributed by atoms with Crippen molar-refractivity contribution >= 4 is 23.6 Å². The fourth-order valence-electron chi connectivity index (χ4n) is 3.63. The Bertz CT molecular complexity index is 557. The highest BCUT2D eigenvalue weighted by Gasteiger charge is 2.51. The maximum absolute atomic E-state index is 12.7. The average Bonchev–Trinajstić information content (AvgIpc) is 3.05. The molecule has 1 amide bonds. The van der Waals surface area contributed by atoms with Gasteiger partial charge < -0.3 is 10.0 Å². The van der Waals surface area contributed by atoms with Gasteiger partial charge in [-0.3, -0.25) is 9.59 Å². The van der Waals surface area contributed by atoms with E-state index in [1.165, 1.54) is 5.56 Å². The fraction of sp³-hybridized carbons (Fsp3) is 0.500. The van der Waals surface area contributed by atoms with Crippen LogP contribution in [0.3, 0.4) is 0 Å². The summed E-state index contributed by atoms with van der Waals surface area (Å²) in [6.07, 6.45) is 4.41. The smallest absolute Gasteiger partial charge is 0.308 e. The lowest BCUT2D eigenvalue weighted by Gasteiger charge is -2.23. The van der Waals surface area contributed by atoms with Crippen LogP contribution in [-0.2, 0) is 10.5 Å². The Hall–Kier alpha value is -1.49. The summed E-state index contributed by atoms with van der Waals surface area (Å²) in [6.45, 7) is 0. The van der Waals surface area contributed by atoms with E-state index in [0.717, 1.165) is 18.6 Å². The maximum Gasteiger partial charge on any atom is 0.308 e. The van der Waals surface area contributed by atoms with Gasteiger partial charge in [-0.2, -0.15) is 11.8 Å². The Balaban J connectivity index is 1.78. The van der Waals surface area contributed by atoms with Crippen LogP contribution in [0.4, 0.5) is 0 Å². The average molecular weight is 305 g/mol. The second-order valence-corrected chi connectivity index (χ2v) is 6.69. The molecule has 3 atom stereocenters. The molecule has 2 heterocycles. The van der Waals surface area contributed by atoms with Crippen molar-refractivity contribution in [3.05, 3.63) is 35.4 Å². The summed E-state index contributed by atoms with van der Waals surface area (Å²) in [4.78, 5) is 25.8. The molecule has 0 saturated carbocycles. The van der Waals surface area contributed by atoms with Crippen LogP contribution in [0, 0.1) is 5.92 Å². The third-order valence-electron chi connectivity index (χ3n) is 4.60. The Morgan fingerprint density at radius 2 is 2.00 bits per heavy atom. The highest BCUT2D eigenvalue weighted by molar-refractivity contribution is 7.97. The number of hydrogen-bond donors (Lipinski definition) is 1. The van der Waals surface area contributed by atoms with Gasteiger partial charge in [-0.25, -0.2) is 0 Å². The number of amides is 1. The molecule has 0 aromatic heterocycles. The maximum atomic E-state index is 12.7. The van der Waals surface area contributed by atoms with Crippen LogP contribution in [0.2, 0.25) is 0 Å². The van der Waals surface area contributed by atoms with E-state index >= 15 is 0 Å². The largest absolute Gasteiger partial charge is 0.481 e. The minimum Gasteiger partial charge on any atom is -0.481 e. The van der Waals surface area contributed by atoms with E-state index in [0.29, 0.717) is 12.0 Å². The van der Waals surface area contributed by atoms with Crippen LogP contribution >= 0.6 is 11.8 Å². The first kappa shape index (κ1) is 14.4. The van der Waals surface area contributed by atoms with E-state index in [1.807, 2.05) is 35.4 Å². The first-order valence-electron chi connectivity index (χ1n) is 7.25. The zero-order chi connectivity index (χ0) is 15.0. The number of carbonyl (C=O) groups is 2. The van der Waals surface area contributed by atoms with Gasteiger partial charge in [-0.15, -0.1) is 0 Å². The van der Waals surface area contributed by atoms with Crippen molar-refractivity contribution in [2.45, 2.75) is 37.1 Å². The third kappa shape index (κ3) is 2.55. The van der Waals surface area contributed by atoms with E-state index in [1.54, 1.807) is 11.8 Å². The SMILES string of the molecule is CSCc1ccc(C(=O)N2C3CCC2C(C(=O)O)C3)cc1. The summed E-state index contributed by atoms with van der Waals surface area (Å²) in [5.74, 6) is -0.231. The number of carbonyl (C=O) groups excluding carboxylic acids is 1. The van der Waals surface area contributed by atoms with Crippen molar-refractivity contribution in [1.82, 2.24) is 4.90 Å². The van der Waals surface area contributed by atoms with Gasteiger partial charge in [0.15, 0.2) is 0 Å². The number of benzene rings is 1. The van der Waals surface area contributed by atoms with Gasteiger partial charge >= 0.3 is 5.97 Å².